The summed E-state index contributed by atoms with van der Waals surface area (Å²) in [7, 11) is 0. The number of halogens is 1. The quantitative estimate of drug-likeness (QED) is 0.709. The summed E-state index contributed by atoms with van der Waals surface area (Å²) in [6.07, 6.45) is -0.0953. The Labute approximate surface area is 155 Å². The molecule has 5 nitrogen and oxygen atoms in total. The minimum absolute atomic E-state index is 0.0953. The van der Waals surface area contributed by atoms with Crippen LogP contribution in [0, 0.1) is 6.92 Å². The zero-order valence-corrected chi connectivity index (χ0v) is 15.0. The van der Waals surface area contributed by atoms with Crippen LogP contribution in [-0.2, 0) is 6.54 Å². The summed E-state index contributed by atoms with van der Waals surface area (Å²) >= 11 is 6.23. The van der Waals surface area contributed by atoms with Gasteiger partial charge in [-0.3, -0.25) is 0 Å². The zero-order valence-electron chi connectivity index (χ0n) is 14.3. The van der Waals surface area contributed by atoms with Crippen LogP contribution >= 0.6 is 11.6 Å². The van der Waals surface area contributed by atoms with E-state index in [0.717, 1.165) is 28.0 Å². The van der Waals surface area contributed by atoms with Crippen molar-refractivity contribution < 1.29 is 13.9 Å². The highest BCUT2D eigenvalue weighted by Crippen LogP contribution is 2.30. The molecule has 26 heavy (non-hydrogen) atoms. The van der Waals surface area contributed by atoms with Crippen molar-refractivity contribution in [3.63, 3.8) is 0 Å². The van der Waals surface area contributed by atoms with Gasteiger partial charge < -0.3 is 19.2 Å². The lowest BCUT2D eigenvalue weighted by molar-refractivity contribution is 0.0902. The van der Waals surface area contributed by atoms with Gasteiger partial charge in [-0.25, -0.2) is 4.79 Å². The van der Waals surface area contributed by atoms with Gasteiger partial charge in [0.1, 0.15) is 18.3 Å². The van der Waals surface area contributed by atoms with Gasteiger partial charge in [-0.1, -0.05) is 23.7 Å². The number of fused-ring (bicyclic) bond motifs is 2. The molecule has 1 aliphatic rings. The molecule has 0 fully saturated rings. The fourth-order valence-corrected chi connectivity index (χ4v) is 3.19. The summed E-state index contributed by atoms with van der Waals surface area (Å²) in [5, 5.41) is 4.81. The van der Waals surface area contributed by atoms with Crippen LogP contribution < -0.4 is 20.4 Å². The molecule has 0 spiro atoms. The first-order valence-corrected chi connectivity index (χ1v) is 8.80. The first kappa shape index (κ1) is 16.9. The molecule has 0 saturated carbocycles. The number of ether oxygens (including phenoxy) is 2. The SMILES string of the molecule is Cc1cc2oc(=O)cc(CNC[C@H]3COc4ccccc4O3)c2cc1Cl. The van der Waals surface area contributed by atoms with Crippen molar-refractivity contribution in [3.05, 3.63) is 69.0 Å². The Hall–Kier alpha value is -2.50. The molecular weight excluding hydrogens is 354 g/mol. The van der Waals surface area contributed by atoms with Crippen molar-refractivity contribution in [2.75, 3.05) is 13.2 Å². The lowest BCUT2D eigenvalue weighted by Crippen LogP contribution is -2.38. The van der Waals surface area contributed by atoms with E-state index in [-0.39, 0.29) is 11.7 Å². The number of hydrogen-bond acceptors (Lipinski definition) is 5. The first-order valence-electron chi connectivity index (χ1n) is 8.42. The molecule has 0 aliphatic carbocycles. The van der Waals surface area contributed by atoms with Gasteiger partial charge >= 0.3 is 5.63 Å². The van der Waals surface area contributed by atoms with Crippen LogP contribution in [0.4, 0.5) is 0 Å². The second-order valence-electron chi connectivity index (χ2n) is 6.32. The summed E-state index contributed by atoms with van der Waals surface area (Å²) < 4.78 is 16.9. The average Bonchev–Trinajstić information content (AvgIpc) is 2.63. The van der Waals surface area contributed by atoms with E-state index in [9.17, 15) is 4.79 Å². The van der Waals surface area contributed by atoms with E-state index in [1.807, 2.05) is 37.3 Å². The number of para-hydroxylation sites is 2. The summed E-state index contributed by atoms with van der Waals surface area (Å²) in [6, 6.07) is 12.7. The molecule has 1 N–H and O–H groups in total. The molecule has 0 radical (unpaired) electrons. The van der Waals surface area contributed by atoms with Gasteiger partial charge in [0.25, 0.3) is 0 Å². The average molecular weight is 372 g/mol. The maximum absolute atomic E-state index is 11.8. The molecule has 134 valence electrons. The Morgan fingerprint density at radius 1 is 1.19 bits per heavy atom. The van der Waals surface area contributed by atoms with Crippen molar-refractivity contribution in [2.24, 2.45) is 0 Å². The van der Waals surface area contributed by atoms with E-state index in [0.29, 0.717) is 30.3 Å². The Morgan fingerprint density at radius 3 is 2.85 bits per heavy atom. The summed E-state index contributed by atoms with van der Waals surface area (Å²) in [5.74, 6) is 1.51. The minimum atomic E-state index is -0.373. The third-order valence-electron chi connectivity index (χ3n) is 4.36. The van der Waals surface area contributed by atoms with Gasteiger partial charge in [0.15, 0.2) is 11.5 Å². The van der Waals surface area contributed by atoms with Crippen molar-refractivity contribution in [1.29, 1.82) is 0 Å². The predicted molar refractivity (Wildman–Crippen MR) is 100 cm³/mol. The van der Waals surface area contributed by atoms with Crippen molar-refractivity contribution in [1.82, 2.24) is 5.32 Å². The number of hydrogen-bond donors (Lipinski definition) is 1. The van der Waals surface area contributed by atoms with Crippen molar-refractivity contribution >= 4 is 22.6 Å². The third-order valence-corrected chi connectivity index (χ3v) is 4.77. The van der Waals surface area contributed by atoms with Gasteiger partial charge in [-0.2, -0.15) is 0 Å². The van der Waals surface area contributed by atoms with Crippen LogP contribution in [0.2, 0.25) is 5.02 Å². The summed E-state index contributed by atoms with van der Waals surface area (Å²) in [4.78, 5) is 11.8. The maximum Gasteiger partial charge on any atom is 0.336 e. The third kappa shape index (κ3) is 3.41. The molecular formula is C20H18ClNO4. The second-order valence-corrected chi connectivity index (χ2v) is 6.72. The Bertz CT molecular complexity index is 1010. The van der Waals surface area contributed by atoms with Crippen LogP contribution in [0.1, 0.15) is 11.1 Å². The van der Waals surface area contributed by atoms with Crippen LogP contribution in [0.5, 0.6) is 11.5 Å². The van der Waals surface area contributed by atoms with Crippen LogP contribution in [0.15, 0.2) is 51.7 Å². The number of rotatable bonds is 4. The Morgan fingerprint density at radius 2 is 2.00 bits per heavy atom. The molecule has 6 heteroatoms. The molecule has 2 heterocycles. The molecule has 1 aliphatic heterocycles. The van der Waals surface area contributed by atoms with Crippen molar-refractivity contribution in [3.8, 4) is 11.5 Å². The highest BCUT2D eigenvalue weighted by atomic mass is 35.5. The Kier molecular flexibility index (Phi) is 4.57. The molecule has 0 saturated heterocycles. The predicted octanol–water partition coefficient (Wildman–Crippen LogP) is 3.68. The van der Waals surface area contributed by atoms with Crippen LogP contribution in [0.25, 0.3) is 11.0 Å². The van der Waals surface area contributed by atoms with Gasteiger partial charge in [0.05, 0.1) is 0 Å². The fraction of sp³-hybridized carbons (Fsp3) is 0.250. The fourth-order valence-electron chi connectivity index (χ4n) is 3.03. The standard InChI is InChI=1S/C20H18ClNO4/c1-12-6-19-15(8-16(12)21)13(7-20(23)26-19)9-22-10-14-11-24-17-4-2-3-5-18(17)25-14/h2-8,14,22H,9-11H2,1H3/t14-/m0/s1. The molecule has 1 atom stereocenters. The molecule has 1 aromatic heterocycles. The van der Waals surface area contributed by atoms with E-state index in [1.165, 1.54) is 6.07 Å². The highest BCUT2D eigenvalue weighted by Gasteiger charge is 2.20. The molecule has 0 bridgehead atoms. The second kappa shape index (κ2) is 7.02. The van der Waals surface area contributed by atoms with E-state index < -0.39 is 0 Å². The minimum Gasteiger partial charge on any atom is -0.486 e. The monoisotopic (exact) mass is 371 g/mol. The first-order chi connectivity index (χ1) is 12.6. The van der Waals surface area contributed by atoms with Gasteiger partial charge in [-0.05, 0) is 42.3 Å². The van der Waals surface area contributed by atoms with E-state index in [4.69, 9.17) is 25.5 Å². The molecule has 3 aromatic rings. The van der Waals surface area contributed by atoms with E-state index >= 15 is 0 Å². The van der Waals surface area contributed by atoms with E-state index in [1.54, 1.807) is 6.07 Å². The zero-order chi connectivity index (χ0) is 18.1. The molecule has 2 aromatic carbocycles. The number of benzene rings is 2. The number of aryl methyl sites for hydroxylation is 1. The van der Waals surface area contributed by atoms with Crippen LogP contribution in [-0.4, -0.2) is 19.3 Å². The molecule has 4 rings (SSSR count). The smallest absolute Gasteiger partial charge is 0.336 e. The van der Waals surface area contributed by atoms with E-state index in [2.05, 4.69) is 5.32 Å². The lowest BCUT2D eigenvalue weighted by Gasteiger charge is -2.26. The lowest BCUT2D eigenvalue weighted by atomic mass is 10.1. The normalized spacial score (nSPS) is 16.0. The molecule has 0 amide bonds. The van der Waals surface area contributed by atoms with Gasteiger partial charge in [0.2, 0.25) is 0 Å². The largest absolute Gasteiger partial charge is 0.486 e. The highest BCUT2D eigenvalue weighted by molar-refractivity contribution is 6.32. The van der Waals surface area contributed by atoms with Gasteiger partial charge in [0, 0.05) is 29.6 Å². The number of nitrogens with one attached hydrogen (secondary N) is 1. The summed E-state index contributed by atoms with van der Waals surface area (Å²) in [6.45, 7) is 3.45. The Balaban J connectivity index is 1.47. The molecule has 0 unspecified atom stereocenters. The summed E-state index contributed by atoms with van der Waals surface area (Å²) in [5.41, 5.74) is 1.89. The van der Waals surface area contributed by atoms with Gasteiger partial charge in [-0.15, -0.1) is 0 Å². The van der Waals surface area contributed by atoms with Crippen molar-refractivity contribution in [2.45, 2.75) is 19.6 Å². The van der Waals surface area contributed by atoms with Crippen LogP contribution in [0.3, 0.4) is 0 Å². The topological polar surface area (TPSA) is 60.7 Å². The maximum atomic E-state index is 11.8.